The Bertz CT molecular complexity index is 1000. The number of benzene rings is 2. The quantitative estimate of drug-likeness (QED) is 0.582. The summed E-state index contributed by atoms with van der Waals surface area (Å²) >= 11 is 0. The van der Waals surface area contributed by atoms with Gasteiger partial charge in [0.15, 0.2) is 11.5 Å². The molecule has 0 aliphatic carbocycles. The van der Waals surface area contributed by atoms with Crippen molar-refractivity contribution in [1.82, 2.24) is 5.32 Å². The second-order valence-corrected chi connectivity index (χ2v) is 7.35. The Morgan fingerprint density at radius 3 is 2.45 bits per heavy atom. The van der Waals surface area contributed by atoms with Gasteiger partial charge in [-0.1, -0.05) is 6.07 Å². The zero-order valence-electron chi connectivity index (χ0n) is 18.6. The molecule has 3 rings (SSSR count). The van der Waals surface area contributed by atoms with Gasteiger partial charge in [-0.2, -0.15) is 8.78 Å². The molecule has 1 unspecified atom stereocenters. The molecule has 8 nitrogen and oxygen atoms in total. The Labute approximate surface area is 190 Å². The van der Waals surface area contributed by atoms with Crippen molar-refractivity contribution in [2.75, 3.05) is 39.3 Å². The van der Waals surface area contributed by atoms with Crippen molar-refractivity contribution < 1.29 is 37.3 Å². The number of carbonyl (C=O) groups excluding carboxylic acids is 2. The maximum absolute atomic E-state index is 12.7. The van der Waals surface area contributed by atoms with Gasteiger partial charge < -0.3 is 29.2 Å². The van der Waals surface area contributed by atoms with Crippen molar-refractivity contribution in [2.45, 2.75) is 19.5 Å². The van der Waals surface area contributed by atoms with E-state index in [1.807, 2.05) is 0 Å². The van der Waals surface area contributed by atoms with Crippen LogP contribution in [0.25, 0.3) is 0 Å². The summed E-state index contributed by atoms with van der Waals surface area (Å²) in [5.74, 6) is 0.229. The fourth-order valence-electron chi connectivity index (χ4n) is 3.66. The third kappa shape index (κ3) is 5.82. The number of rotatable bonds is 10. The first-order chi connectivity index (χ1) is 15.9. The minimum absolute atomic E-state index is 0.0689. The van der Waals surface area contributed by atoms with Gasteiger partial charge >= 0.3 is 6.61 Å². The molecule has 0 aromatic heterocycles. The van der Waals surface area contributed by atoms with Crippen LogP contribution in [0.15, 0.2) is 36.4 Å². The van der Waals surface area contributed by atoms with Gasteiger partial charge in [0.25, 0.3) is 0 Å². The summed E-state index contributed by atoms with van der Waals surface area (Å²) < 4.78 is 45.3. The average molecular weight is 464 g/mol. The molecule has 1 saturated heterocycles. The van der Waals surface area contributed by atoms with E-state index in [9.17, 15) is 18.4 Å². The number of nitrogens with zero attached hydrogens (tertiary/aromatic N) is 1. The highest BCUT2D eigenvalue weighted by atomic mass is 19.3. The minimum Gasteiger partial charge on any atom is -0.497 e. The summed E-state index contributed by atoms with van der Waals surface area (Å²) in [5, 5.41) is 2.81. The van der Waals surface area contributed by atoms with Crippen LogP contribution in [0.1, 0.15) is 12.0 Å². The number of ether oxygens (including phenoxy) is 4. The molecule has 1 aliphatic rings. The Balaban J connectivity index is 1.60. The zero-order valence-corrected chi connectivity index (χ0v) is 18.6. The molecule has 10 heteroatoms. The van der Waals surface area contributed by atoms with E-state index in [1.54, 1.807) is 24.3 Å². The number of hydrogen-bond donors (Lipinski definition) is 1. The molecule has 1 heterocycles. The number of methoxy groups -OCH3 is 3. The van der Waals surface area contributed by atoms with Crippen molar-refractivity contribution in [1.29, 1.82) is 0 Å². The smallest absolute Gasteiger partial charge is 0.387 e. The van der Waals surface area contributed by atoms with Crippen molar-refractivity contribution >= 4 is 17.5 Å². The lowest BCUT2D eigenvalue weighted by atomic mass is 10.1. The fourth-order valence-corrected chi connectivity index (χ4v) is 3.66. The van der Waals surface area contributed by atoms with Crippen LogP contribution in [0.4, 0.5) is 14.5 Å². The number of anilines is 1. The Kier molecular flexibility index (Phi) is 7.92. The van der Waals surface area contributed by atoms with Gasteiger partial charge in [-0.3, -0.25) is 9.59 Å². The minimum atomic E-state index is -2.97. The third-order valence-electron chi connectivity index (χ3n) is 5.33. The second kappa shape index (κ2) is 10.8. The molecule has 1 aliphatic heterocycles. The highest BCUT2D eigenvalue weighted by Gasteiger charge is 2.36. The third-order valence-corrected chi connectivity index (χ3v) is 5.33. The summed E-state index contributed by atoms with van der Waals surface area (Å²) in [5.41, 5.74) is 1.24. The van der Waals surface area contributed by atoms with Crippen molar-refractivity contribution in [3.63, 3.8) is 0 Å². The molecule has 2 aromatic rings. The van der Waals surface area contributed by atoms with Crippen molar-refractivity contribution in [3.8, 4) is 23.0 Å². The van der Waals surface area contributed by atoms with Gasteiger partial charge in [0, 0.05) is 25.6 Å². The predicted molar refractivity (Wildman–Crippen MR) is 116 cm³/mol. The van der Waals surface area contributed by atoms with Gasteiger partial charge in [-0.05, 0) is 36.2 Å². The average Bonchev–Trinajstić information content (AvgIpc) is 3.20. The van der Waals surface area contributed by atoms with Gasteiger partial charge in [0.05, 0.1) is 32.9 Å². The Morgan fingerprint density at radius 2 is 1.79 bits per heavy atom. The normalized spacial score (nSPS) is 15.5. The van der Waals surface area contributed by atoms with Gasteiger partial charge in [-0.15, -0.1) is 0 Å². The Morgan fingerprint density at radius 1 is 1.06 bits per heavy atom. The first kappa shape index (κ1) is 24.1. The maximum Gasteiger partial charge on any atom is 0.387 e. The molecule has 1 atom stereocenters. The van der Waals surface area contributed by atoms with E-state index in [-0.39, 0.29) is 42.8 Å². The fraction of sp³-hybridized carbons (Fsp3) is 0.391. The first-order valence-electron chi connectivity index (χ1n) is 10.3. The topological polar surface area (TPSA) is 86.3 Å². The van der Waals surface area contributed by atoms with Crippen LogP contribution in [-0.2, 0) is 16.0 Å². The van der Waals surface area contributed by atoms with Crippen LogP contribution in [-0.4, -0.2) is 52.8 Å². The van der Waals surface area contributed by atoms with Crippen LogP contribution in [0.5, 0.6) is 23.0 Å². The summed E-state index contributed by atoms with van der Waals surface area (Å²) in [4.78, 5) is 26.8. The van der Waals surface area contributed by atoms with E-state index >= 15 is 0 Å². The van der Waals surface area contributed by atoms with E-state index in [0.29, 0.717) is 29.2 Å². The number of hydrogen-bond acceptors (Lipinski definition) is 6. The molecule has 33 heavy (non-hydrogen) atoms. The maximum atomic E-state index is 12.7. The Hall–Kier alpha value is -3.56. The van der Waals surface area contributed by atoms with Crippen LogP contribution >= 0.6 is 0 Å². The molecule has 2 amide bonds. The summed E-state index contributed by atoms with van der Waals surface area (Å²) in [6.07, 6.45) is 0.463. The monoisotopic (exact) mass is 464 g/mol. The van der Waals surface area contributed by atoms with E-state index in [4.69, 9.17) is 14.2 Å². The molecule has 1 N–H and O–H groups in total. The highest BCUT2D eigenvalue weighted by Crippen LogP contribution is 2.36. The molecule has 2 aromatic carbocycles. The lowest BCUT2D eigenvalue weighted by Crippen LogP contribution is -2.34. The summed E-state index contributed by atoms with van der Waals surface area (Å²) in [6.45, 7) is -2.49. The SMILES string of the molecule is COc1ccc(OC)c(N2CC(C(=O)NCCc3ccc(OC)c(OC(F)F)c3)CC2=O)c1. The van der Waals surface area contributed by atoms with E-state index < -0.39 is 12.5 Å². The number of carbonyl (C=O) groups is 2. The van der Waals surface area contributed by atoms with Crippen LogP contribution in [0, 0.1) is 5.92 Å². The number of halogens is 2. The molecule has 0 spiro atoms. The van der Waals surface area contributed by atoms with E-state index in [2.05, 4.69) is 10.1 Å². The summed E-state index contributed by atoms with van der Waals surface area (Å²) in [6, 6.07) is 9.82. The van der Waals surface area contributed by atoms with Gasteiger partial charge in [0.2, 0.25) is 11.8 Å². The first-order valence-corrected chi connectivity index (χ1v) is 10.3. The van der Waals surface area contributed by atoms with Gasteiger partial charge in [0.1, 0.15) is 11.5 Å². The molecule has 0 bridgehead atoms. The number of nitrogens with one attached hydrogen (secondary N) is 1. The van der Waals surface area contributed by atoms with E-state index in [1.165, 1.54) is 38.4 Å². The molecular formula is C23H26F2N2O6. The van der Waals surface area contributed by atoms with Gasteiger partial charge in [-0.25, -0.2) is 0 Å². The largest absolute Gasteiger partial charge is 0.497 e. The molecular weight excluding hydrogens is 438 g/mol. The number of alkyl halides is 2. The van der Waals surface area contributed by atoms with Crippen LogP contribution in [0.3, 0.4) is 0 Å². The molecule has 1 fully saturated rings. The lowest BCUT2D eigenvalue weighted by Gasteiger charge is -2.20. The highest BCUT2D eigenvalue weighted by molar-refractivity contribution is 6.01. The zero-order chi connectivity index (χ0) is 24.0. The van der Waals surface area contributed by atoms with Crippen LogP contribution < -0.4 is 29.2 Å². The van der Waals surface area contributed by atoms with Crippen molar-refractivity contribution in [2.24, 2.45) is 5.92 Å². The van der Waals surface area contributed by atoms with Crippen molar-refractivity contribution in [3.05, 3.63) is 42.0 Å². The molecule has 0 saturated carbocycles. The van der Waals surface area contributed by atoms with E-state index in [0.717, 1.165) is 0 Å². The molecule has 0 radical (unpaired) electrons. The predicted octanol–water partition coefficient (Wildman–Crippen LogP) is 3.03. The summed E-state index contributed by atoms with van der Waals surface area (Å²) in [7, 11) is 4.40. The number of amides is 2. The standard InChI is InChI=1S/C23H26F2N2O6/c1-30-16-5-7-18(31-2)17(12-16)27-13-15(11-21(27)28)22(29)26-9-8-14-4-6-19(32-3)20(10-14)33-23(24)25/h4-7,10,12,15,23H,8-9,11,13H2,1-3H3,(H,26,29). The van der Waals surface area contributed by atoms with Crippen LogP contribution in [0.2, 0.25) is 0 Å². The second-order valence-electron chi connectivity index (χ2n) is 7.35. The molecule has 178 valence electrons. The lowest BCUT2D eigenvalue weighted by molar-refractivity contribution is -0.126.